The third-order valence-electron chi connectivity index (χ3n) is 3.94. The topological polar surface area (TPSA) is 102 Å². The molecule has 0 spiro atoms. The summed E-state index contributed by atoms with van der Waals surface area (Å²) in [6, 6.07) is 9.29. The highest BCUT2D eigenvalue weighted by Gasteiger charge is 2.26. The van der Waals surface area contributed by atoms with Crippen LogP contribution in [0.25, 0.3) is 0 Å². The Labute approximate surface area is 168 Å². The zero-order valence-electron chi connectivity index (χ0n) is 16.3. The molecule has 1 N–H and O–H groups in total. The first-order chi connectivity index (χ1) is 13.6. The van der Waals surface area contributed by atoms with Gasteiger partial charge in [0, 0.05) is 14.1 Å². The summed E-state index contributed by atoms with van der Waals surface area (Å²) in [6.45, 7) is 1.31. The molecule has 0 aliphatic rings. The molecule has 10 heteroatoms. The van der Waals surface area contributed by atoms with Gasteiger partial charge in [-0.2, -0.15) is 0 Å². The van der Waals surface area contributed by atoms with E-state index < -0.39 is 33.8 Å². The molecule has 2 rings (SSSR count). The lowest BCUT2D eigenvalue weighted by Crippen LogP contribution is -2.30. The number of rotatable bonds is 7. The number of amides is 1. The van der Waals surface area contributed by atoms with Gasteiger partial charge in [0.15, 0.2) is 6.10 Å². The third kappa shape index (κ3) is 5.09. The van der Waals surface area contributed by atoms with Crippen molar-refractivity contribution in [2.24, 2.45) is 0 Å². The van der Waals surface area contributed by atoms with Gasteiger partial charge in [0.1, 0.15) is 16.5 Å². The third-order valence-corrected chi connectivity index (χ3v) is 5.78. The molecular formula is C19H21FN2O6S. The van der Waals surface area contributed by atoms with Crippen LogP contribution in [0.3, 0.4) is 0 Å². The van der Waals surface area contributed by atoms with Crippen molar-refractivity contribution in [1.29, 1.82) is 0 Å². The zero-order valence-corrected chi connectivity index (χ0v) is 17.1. The quantitative estimate of drug-likeness (QED) is 0.684. The van der Waals surface area contributed by atoms with Gasteiger partial charge in [-0.25, -0.2) is 21.9 Å². The Balaban J connectivity index is 2.20. The van der Waals surface area contributed by atoms with Crippen LogP contribution in [0.5, 0.6) is 5.75 Å². The van der Waals surface area contributed by atoms with E-state index in [2.05, 4.69) is 5.32 Å². The molecule has 1 amide bonds. The van der Waals surface area contributed by atoms with E-state index in [1.54, 1.807) is 6.07 Å². The summed E-state index contributed by atoms with van der Waals surface area (Å²) in [5, 5.41) is 2.32. The number of carbonyl (C=O) groups is 2. The molecule has 0 fully saturated rings. The van der Waals surface area contributed by atoms with Gasteiger partial charge in [0.2, 0.25) is 10.0 Å². The van der Waals surface area contributed by atoms with Crippen molar-refractivity contribution < 1.29 is 31.9 Å². The van der Waals surface area contributed by atoms with Crippen molar-refractivity contribution in [1.82, 2.24) is 4.31 Å². The number of esters is 1. The highest BCUT2D eigenvalue weighted by atomic mass is 32.2. The normalized spacial score (nSPS) is 12.3. The lowest BCUT2D eigenvalue weighted by molar-refractivity contribution is -0.123. The number of ether oxygens (including phenoxy) is 2. The van der Waals surface area contributed by atoms with Gasteiger partial charge in [0.25, 0.3) is 5.91 Å². The summed E-state index contributed by atoms with van der Waals surface area (Å²) in [6.07, 6.45) is -1.25. The van der Waals surface area contributed by atoms with Gasteiger partial charge in [0.05, 0.1) is 18.4 Å². The second kappa shape index (κ2) is 9.01. The SMILES string of the molecule is COc1ccc(C(=O)OC(C)C(=O)Nc2ccccc2F)cc1S(=O)(=O)N(C)C. The van der Waals surface area contributed by atoms with E-state index in [0.717, 1.165) is 10.4 Å². The Bertz CT molecular complexity index is 1020. The van der Waals surface area contributed by atoms with E-state index in [1.165, 1.54) is 58.5 Å². The van der Waals surface area contributed by atoms with Crippen LogP contribution < -0.4 is 10.1 Å². The number of nitrogens with one attached hydrogen (secondary N) is 1. The number of hydrogen-bond donors (Lipinski definition) is 1. The molecule has 0 aliphatic heterocycles. The molecular weight excluding hydrogens is 403 g/mol. The average Bonchev–Trinajstić information content (AvgIpc) is 2.68. The summed E-state index contributed by atoms with van der Waals surface area (Å²) in [7, 11) is 0.101. The Morgan fingerprint density at radius 1 is 1.14 bits per heavy atom. The van der Waals surface area contributed by atoms with E-state index in [4.69, 9.17) is 9.47 Å². The average molecular weight is 424 g/mol. The van der Waals surface area contributed by atoms with E-state index in [9.17, 15) is 22.4 Å². The molecule has 8 nitrogen and oxygen atoms in total. The van der Waals surface area contributed by atoms with Crippen LogP contribution in [0.4, 0.5) is 10.1 Å². The number of para-hydroxylation sites is 1. The predicted molar refractivity (Wildman–Crippen MR) is 104 cm³/mol. The van der Waals surface area contributed by atoms with Gasteiger partial charge in [-0.15, -0.1) is 0 Å². The number of benzene rings is 2. The number of sulfonamides is 1. The largest absolute Gasteiger partial charge is 0.495 e. The van der Waals surface area contributed by atoms with Crippen LogP contribution in [-0.2, 0) is 19.6 Å². The number of methoxy groups -OCH3 is 1. The molecule has 0 radical (unpaired) electrons. The molecule has 0 saturated heterocycles. The maximum atomic E-state index is 13.6. The summed E-state index contributed by atoms with van der Waals surface area (Å²) in [5.41, 5.74) is -0.138. The van der Waals surface area contributed by atoms with Gasteiger partial charge in [-0.05, 0) is 37.3 Å². The molecule has 156 valence electrons. The van der Waals surface area contributed by atoms with Crippen molar-refractivity contribution >= 4 is 27.6 Å². The zero-order chi connectivity index (χ0) is 21.8. The van der Waals surface area contributed by atoms with Crippen LogP contribution >= 0.6 is 0 Å². The Morgan fingerprint density at radius 3 is 2.38 bits per heavy atom. The van der Waals surface area contributed by atoms with Crippen LogP contribution in [0.15, 0.2) is 47.4 Å². The molecule has 2 aromatic rings. The number of halogens is 1. The Kier molecular flexibility index (Phi) is 6.93. The van der Waals surface area contributed by atoms with E-state index in [0.29, 0.717) is 0 Å². The van der Waals surface area contributed by atoms with E-state index >= 15 is 0 Å². The molecule has 0 bridgehead atoms. The molecule has 0 aromatic heterocycles. The summed E-state index contributed by atoms with van der Waals surface area (Å²) in [5.74, 6) is -2.23. The van der Waals surface area contributed by atoms with Crippen molar-refractivity contribution in [2.45, 2.75) is 17.9 Å². The molecule has 1 unspecified atom stereocenters. The molecule has 0 aliphatic carbocycles. The van der Waals surface area contributed by atoms with Gasteiger partial charge >= 0.3 is 5.97 Å². The standard InChI is InChI=1S/C19H21FN2O6S/c1-12(18(23)21-15-8-6-5-7-14(15)20)28-19(24)13-9-10-16(27-4)17(11-13)29(25,26)22(2)3/h5-12H,1-4H3,(H,21,23). The van der Waals surface area contributed by atoms with Gasteiger partial charge in [-0.1, -0.05) is 12.1 Å². The molecule has 0 heterocycles. The second-order valence-electron chi connectivity index (χ2n) is 6.17. The lowest BCUT2D eigenvalue weighted by atomic mass is 10.2. The van der Waals surface area contributed by atoms with Crippen molar-refractivity contribution in [3.63, 3.8) is 0 Å². The fraction of sp³-hybridized carbons (Fsp3) is 0.263. The Morgan fingerprint density at radius 2 is 1.79 bits per heavy atom. The predicted octanol–water partition coefficient (Wildman–Crippen LogP) is 2.27. The molecule has 1 atom stereocenters. The van der Waals surface area contributed by atoms with Crippen molar-refractivity contribution in [3.05, 3.63) is 53.8 Å². The summed E-state index contributed by atoms with van der Waals surface area (Å²) < 4.78 is 49.7. The van der Waals surface area contributed by atoms with Crippen molar-refractivity contribution in [3.8, 4) is 5.75 Å². The van der Waals surface area contributed by atoms with Gasteiger partial charge in [-0.3, -0.25) is 4.79 Å². The van der Waals surface area contributed by atoms with E-state index in [-0.39, 0.29) is 21.9 Å². The molecule has 0 saturated carbocycles. The fourth-order valence-electron chi connectivity index (χ4n) is 2.28. The monoisotopic (exact) mass is 424 g/mol. The first kappa shape index (κ1) is 22.3. The number of nitrogens with zero attached hydrogens (tertiary/aromatic N) is 1. The highest BCUT2D eigenvalue weighted by molar-refractivity contribution is 7.89. The minimum atomic E-state index is -3.89. The maximum absolute atomic E-state index is 13.6. The highest BCUT2D eigenvalue weighted by Crippen LogP contribution is 2.27. The number of carbonyl (C=O) groups excluding carboxylic acids is 2. The minimum Gasteiger partial charge on any atom is -0.495 e. The summed E-state index contributed by atoms with van der Waals surface area (Å²) in [4.78, 5) is 24.4. The number of hydrogen-bond acceptors (Lipinski definition) is 6. The first-order valence-corrected chi connectivity index (χ1v) is 9.89. The Hall–Kier alpha value is -2.98. The minimum absolute atomic E-state index is 0.0517. The second-order valence-corrected chi connectivity index (χ2v) is 8.29. The molecule has 29 heavy (non-hydrogen) atoms. The summed E-state index contributed by atoms with van der Waals surface area (Å²) >= 11 is 0. The van der Waals surface area contributed by atoms with Gasteiger partial charge < -0.3 is 14.8 Å². The fourth-order valence-corrected chi connectivity index (χ4v) is 3.36. The molecule has 2 aromatic carbocycles. The number of anilines is 1. The first-order valence-electron chi connectivity index (χ1n) is 8.45. The van der Waals surface area contributed by atoms with Crippen LogP contribution in [-0.4, -0.2) is 51.9 Å². The van der Waals surface area contributed by atoms with E-state index in [1.807, 2.05) is 0 Å². The van der Waals surface area contributed by atoms with Crippen LogP contribution in [0.1, 0.15) is 17.3 Å². The maximum Gasteiger partial charge on any atom is 0.338 e. The van der Waals surface area contributed by atoms with Crippen LogP contribution in [0.2, 0.25) is 0 Å². The van der Waals surface area contributed by atoms with Crippen LogP contribution in [0, 0.1) is 5.82 Å². The lowest BCUT2D eigenvalue weighted by Gasteiger charge is -2.17. The van der Waals surface area contributed by atoms with Crippen molar-refractivity contribution in [2.75, 3.05) is 26.5 Å². The smallest absolute Gasteiger partial charge is 0.338 e.